The Morgan fingerprint density at radius 3 is 2.08 bits per heavy atom. The summed E-state index contributed by atoms with van der Waals surface area (Å²) in [6.07, 6.45) is 4.12. The van der Waals surface area contributed by atoms with Crippen LogP contribution in [0.15, 0.2) is 24.5 Å². The standard InChI is InChI=1S/C8H6NO2.K/c10-5-8(6-11)7-1-3-9-4-2-7;/h1-6H;/q-1;+1. The summed E-state index contributed by atoms with van der Waals surface area (Å²) in [5, 5.41) is 0. The third kappa shape index (κ3) is 3.16. The Kier molecular flexibility index (Phi) is 6.50. The number of hydrogen-bond acceptors (Lipinski definition) is 3. The van der Waals surface area contributed by atoms with Gasteiger partial charge in [-0.3, -0.25) is 4.98 Å². The molecule has 0 atom stereocenters. The summed E-state index contributed by atoms with van der Waals surface area (Å²) in [6, 6.07) is 3.22. The molecule has 0 aliphatic heterocycles. The van der Waals surface area contributed by atoms with Gasteiger partial charge in [0.15, 0.2) is 0 Å². The molecule has 0 bridgehead atoms. The van der Waals surface area contributed by atoms with Crippen molar-refractivity contribution in [3.05, 3.63) is 36.0 Å². The van der Waals surface area contributed by atoms with Gasteiger partial charge < -0.3 is 9.59 Å². The molecular weight excluding hydrogens is 181 g/mol. The molecule has 0 amide bonds. The number of pyridine rings is 1. The van der Waals surface area contributed by atoms with Crippen LogP contribution in [-0.2, 0) is 9.59 Å². The van der Waals surface area contributed by atoms with Crippen LogP contribution in [-0.4, -0.2) is 17.6 Å². The zero-order chi connectivity index (χ0) is 8.10. The monoisotopic (exact) mass is 187 g/mol. The molecule has 0 fully saturated rings. The minimum Gasteiger partial charge on any atom is -0.312 e. The number of carbonyl (C=O) groups is 2. The quantitative estimate of drug-likeness (QED) is 0.226. The van der Waals surface area contributed by atoms with Gasteiger partial charge in [0.05, 0.1) is 12.6 Å². The second kappa shape index (κ2) is 6.51. The summed E-state index contributed by atoms with van der Waals surface area (Å²) in [4.78, 5) is 24.2. The maximum atomic E-state index is 10.2. The first kappa shape index (κ1) is 12.0. The number of nitrogens with zero attached hydrogens (tertiary/aromatic N) is 1. The average molecular weight is 187 g/mol. The maximum absolute atomic E-state index is 10.2. The number of rotatable bonds is 3. The van der Waals surface area contributed by atoms with Gasteiger partial charge in [-0.25, -0.2) is 0 Å². The van der Waals surface area contributed by atoms with Gasteiger partial charge in [-0.1, -0.05) is 0 Å². The maximum Gasteiger partial charge on any atom is 1.00 e. The molecule has 56 valence electrons. The molecule has 0 saturated heterocycles. The third-order valence-corrected chi connectivity index (χ3v) is 1.27. The van der Waals surface area contributed by atoms with Crippen molar-refractivity contribution in [1.82, 2.24) is 4.98 Å². The van der Waals surface area contributed by atoms with Crippen molar-refractivity contribution in [2.45, 2.75) is 0 Å². The van der Waals surface area contributed by atoms with Gasteiger partial charge in [-0.2, -0.15) is 5.56 Å². The minimum atomic E-state index is 0. The van der Waals surface area contributed by atoms with E-state index in [0.717, 1.165) is 0 Å². The van der Waals surface area contributed by atoms with Crippen LogP contribution in [0.1, 0.15) is 5.56 Å². The smallest absolute Gasteiger partial charge is 0.312 e. The van der Waals surface area contributed by atoms with Crippen molar-refractivity contribution < 1.29 is 61.0 Å². The number of carbonyl (C=O) groups excluding carboxylic acids is 2. The van der Waals surface area contributed by atoms with Crippen molar-refractivity contribution in [3.8, 4) is 0 Å². The fourth-order valence-electron chi connectivity index (χ4n) is 0.708. The molecule has 4 heteroatoms. The van der Waals surface area contributed by atoms with E-state index in [1.807, 2.05) is 0 Å². The van der Waals surface area contributed by atoms with E-state index >= 15 is 0 Å². The van der Waals surface area contributed by atoms with E-state index in [-0.39, 0.29) is 57.3 Å². The Labute approximate surface area is 113 Å². The molecule has 0 N–H and O–H groups in total. The summed E-state index contributed by atoms with van der Waals surface area (Å²) in [7, 11) is 0. The predicted octanol–water partition coefficient (Wildman–Crippen LogP) is -2.59. The average Bonchev–Trinajstić information content (AvgIpc) is 2.09. The van der Waals surface area contributed by atoms with E-state index in [1.165, 1.54) is 12.4 Å². The first-order valence-electron chi connectivity index (χ1n) is 3.06. The number of hydrogen-bond donors (Lipinski definition) is 0. The van der Waals surface area contributed by atoms with Crippen LogP contribution in [0.25, 0.3) is 0 Å². The molecule has 1 rings (SSSR count). The molecule has 3 nitrogen and oxygen atoms in total. The van der Waals surface area contributed by atoms with E-state index in [9.17, 15) is 9.59 Å². The fraction of sp³-hybridized carbons (Fsp3) is 0. The zero-order valence-corrected chi connectivity index (χ0v) is 9.85. The van der Waals surface area contributed by atoms with Gasteiger partial charge in [-0.05, 0) is 18.3 Å². The number of aromatic nitrogens is 1. The summed E-state index contributed by atoms with van der Waals surface area (Å²) in [5.41, 5.74) is 0.602. The van der Waals surface area contributed by atoms with Crippen molar-refractivity contribution in [1.29, 1.82) is 0 Å². The Balaban J connectivity index is 0.00000121. The summed E-state index contributed by atoms with van der Waals surface area (Å²) >= 11 is 0. The van der Waals surface area contributed by atoms with Crippen LogP contribution < -0.4 is 51.4 Å². The van der Waals surface area contributed by atoms with Crippen LogP contribution >= 0.6 is 0 Å². The van der Waals surface area contributed by atoms with Gasteiger partial charge in [0.25, 0.3) is 0 Å². The van der Waals surface area contributed by atoms with E-state index in [0.29, 0.717) is 18.1 Å². The molecule has 0 unspecified atom stereocenters. The van der Waals surface area contributed by atoms with Crippen LogP contribution in [0.4, 0.5) is 0 Å². The van der Waals surface area contributed by atoms with Gasteiger partial charge in [0.1, 0.15) is 0 Å². The third-order valence-electron chi connectivity index (χ3n) is 1.27. The molecule has 0 spiro atoms. The zero-order valence-electron chi connectivity index (χ0n) is 6.73. The molecular formula is C8H6KNO2. The molecule has 1 aromatic heterocycles. The van der Waals surface area contributed by atoms with Crippen LogP contribution in [0, 0.1) is 5.92 Å². The normalized spacial score (nSPS) is 8.00. The summed E-state index contributed by atoms with van der Waals surface area (Å²) < 4.78 is 0. The number of aldehydes is 2. The largest absolute Gasteiger partial charge is 1.00 e. The molecule has 0 aromatic carbocycles. The second-order valence-corrected chi connectivity index (χ2v) is 1.93. The van der Waals surface area contributed by atoms with Gasteiger partial charge in [-0.15, -0.1) is 12.1 Å². The van der Waals surface area contributed by atoms with Gasteiger partial charge in [0, 0.05) is 0 Å². The summed E-state index contributed by atoms with van der Waals surface area (Å²) in [5.74, 6) is 0.146. The molecule has 1 heterocycles. The molecule has 0 aliphatic carbocycles. The minimum absolute atomic E-state index is 0. The van der Waals surface area contributed by atoms with Crippen molar-refractivity contribution in [2.24, 2.45) is 0 Å². The molecule has 1 aromatic rings. The SMILES string of the molecule is O=C[C-](C=O)c1ccncc1.[K+]. The van der Waals surface area contributed by atoms with E-state index in [2.05, 4.69) is 4.98 Å². The van der Waals surface area contributed by atoms with Crippen molar-refractivity contribution in [2.75, 3.05) is 0 Å². The van der Waals surface area contributed by atoms with Crippen molar-refractivity contribution >= 4 is 12.6 Å². The Bertz CT molecular complexity index is 242. The van der Waals surface area contributed by atoms with Crippen LogP contribution in [0.5, 0.6) is 0 Å². The fourth-order valence-corrected chi connectivity index (χ4v) is 0.708. The van der Waals surface area contributed by atoms with Crippen LogP contribution in [0.3, 0.4) is 0 Å². The van der Waals surface area contributed by atoms with E-state index in [1.54, 1.807) is 12.1 Å². The van der Waals surface area contributed by atoms with Gasteiger partial charge in [0.2, 0.25) is 0 Å². The van der Waals surface area contributed by atoms with Crippen molar-refractivity contribution in [3.63, 3.8) is 0 Å². The molecule has 0 radical (unpaired) electrons. The van der Waals surface area contributed by atoms with Crippen LogP contribution in [0.2, 0.25) is 0 Å². The first-order valence-corrected chi connectivity index (χ1v) is 3.06. The Morgan fingerprint density at radius 2 is 1.67 bits per heavy atom. The first-order chi connectivity index (χ1) is 5.38. The Morgan fingerprint density at radius 1 is 1.17 bits per heavy atom. The molecule has 0 aliphatic rings. The molecule has 12 heavy (non-hydrogen) atoms. The Hall–Kier alpha value is -0.00364. The van der Waals surface area contributed by atoms with E-state index in [4.69, 9.17) is 0 Å². The predicted molar refractivity (Wildman–Crippen MR) is 38.7 cm³/mol. The molecule has 0 saturated carbocycles. The summed E-state index contributed by atoms with van der Waals surface area (Å²) in [6.45, 7) is 0. The van der Waals surface area contributed by atoms with E-state index < -0.39 is 0 Å². The van der Waals surface area contributed by atoms with Gasteiger partial charge >= 0.3 is 51.4 Å². The topological polar surface area (TPSA) is 47.0 Å². The second-order valence-electron chi connectivity index (χ2n) is 1.93.